The molecule has 0 spiro atoms. The van der Waals surface area contributed by atoms with Crippen LogP contribution in [0.1, 0.15) is 192 Å². The van der Waals surface area contributed by atoms with Crippen LogP contribution in [0.2, 0.25) is 0 Å². The molecule has 0 aromatic heterocycles. The maximum atomic E-state index is 12.7. The Morgan fingerprint density at radius 1 is 0.617 bits per heavy atom. The second-order valence-corrected chi connectivity index (χ2v) is 13.2. The van der Waals surface area contributed by atoms with Crippen LogP contribution in [0.25, 0.3) is 0 Å². The molecule has 272 valence electrons. The SMILES string of the molecule is CCCCCCCCCCCCCCOC(OCCCCCCCCCCCCCC)Oc1cccc(C(=O)NC(CC)C(=O)O)c1. The van der Waals surface area contributed by atoms with E-state index in [9.17, 15) is 14.7 Å². The summed E-state index contributed by atoms with van der Waals surface area (Å²) in [5, 5.41) is 11.9. The Labute approximate surface area is 288 Å². The van der Waals surface area contributed by atoms with Crippen LogP contribution in [-0.2, 0) is 14.3 Å². The number of aliphatic carboxylic acids is 1. The molecule has 0 aliphatic heterocycles. The lowest BCUT2D eigenvalue weighted by Gasteiger charge is -2.20. The molecule has 0 bridgehead atoms. The predicted octanol–water partition coefficient (Wildman–Crippen LogP) is 11.4. The molecule has 0 saturated heterocycles. The number of amides is 1. The minimum Gasteiger partial charge on any atom is -0.480 e. The average Bonchev–Trinajstić information content (AvgIpc) is 3.07. The summed E-state index contributed by atoms with van der Waals surface area (Å²) in [6, 6.07) is 5.81. The first kappa shape index (κ1) is 42.9. The van der Waals surface area contributed by atoms with E-state index in [4.69, 9.17) is 14.2 Å². The number of hydrogen-bond donors (Lipinski definition) is 2. The average molecular weight is 662 g/mol. The van der Waals surface area contributed by atoms with Crippen LogP contribution in [0.4, 0.5) is 0 Å². The molecule has 47 heavy (non-hydrogen) atoms. The molecule has 7 heteroatoms. The fraction of sp³-hybridized carbons (Fsp3) is 0.800. The molecular weight excluding hydrogens is 590 g/mol. The Morgan fingerprint density at radius 3 is 1.40 bits per heavy atom. The van der Waals surface area contributed by atoms with Crippen molar-refractivity contribution in [3.05, 3.63) is 29.8 Å². The fourth-order valence-electron chi connectivity index (χ4n) is 5.76. The number of ether oxygens (including phenoxy) is 3. The summed E-state index contributed by atoms with van der Waals surface area (Å²) in [5.41, 5.74) is 0.336. The van der Waals surface area contributed by atoms with Gasteiger partial charge < -0.3 is 24.6 Å². The van der Waals surface area contributed by atoms with Gasteiger partial charge in [0, 0.05) is 5.56 Å². The number of carbonyl (C=O) groups is 2. The Bertz CT molecular complexity index is 848. The topological polar surface area (TPSA) is 94.1 Å². The van der Waals surface area contributed by atoms with Crippen molar-refractivity contribution in [1.82, 2.24) is 5.32 Å². The lowest BCUT2D eigenvalue weighted by atomic mass is 10.1. The van der Waals surface area contributed by atoms with E-state index < -0.39 is 24.4 Å². The van der Waals surface area contributed by atoms with Crippen molar-refractivity contribution in [2.24, 2.45) is 0 Å². The van der Waals surface area contributed by atoms with E-state index in [0.717, 1.165) is 25.7 Å². The third-order valence-corrected chi connectivity index (χ3v) is 8.84. The predicted molar refractivity (Wildman–Crippen MR) is 194 cm³/mol. The number of carboxylic acids is 1. The van der Waals surface area contributed by atoms with Crippen LogP contribution < -0.4 is 10.1 Å². The zero-order valence-corrected chi connectivity index (χ0v) is 30.5. The fourth-order valence-corrected chi connectivity index (χ4v) is 5.76. The molecule has 0 saturated carbocycles. The van der Waals surface area contributed by atoms with Gasteiger partial charge in [-0.2, -0.15) is 0 Å². The van der Waals surface area contributed by atoms with Crippen LogP contribution in [-0.4, -0.2) is 42.7 Å². The number of benzene rings is 1. The van der Waals surface area contributed by atoms with E-state index in [2.05, 4.69) is 19.2 Å². The van der Waals surface area contributed by atoms with Crippen molar-refractivity contribution in [1.29, 1.82) is 0 Å². The zero-order chi connectivity index (χ0) is 34.2. The summed E-state index contributed by atoms with van der Waals surface area (Å²) in [6.45, 7) is 6.51. The lowest BCUT2D eigenvalue weighted by molar-refractivity contribution is -0.247. The minimum atomic E-state index is -1.05. The number of hydrogen-bond acceptors (Lipinski definition) is 5. The highest BCUT2D eigenvalue weighted by molar-refractivity contribution is 5.96. The standard InChI is InChI=1S/C40H71NO6/c1-4-7-9-11-13-15-17-19-21-23-25-27-32-45-40(46-33-28-26-24-22-20-18-16-14-12-10-8-5-2)47-36-31-29-30-35(34-36)38(42)41-37(6-3)39(43)44/h29-31,34,37,40H,4-28,32-33H2,1-3H3,(H,41,42)(H,43,44). The van der Waals surface area contributed by atoms with Crippen LogP contribution in [0, 0.1) is 0 Å². The van der Waals surface area contributed by atoms with Crippen molar-refractivity contribution < 1.29 is 28.9 Å². The van der Waals surface area contributed by atoms with Gasteiger partial charge in [-0.15, -0.1) is 0 Å². The van der Waals surface area contributed by atoms with Crippen LogP contribution in [0.5, 0.6) is 5.75 Å². The third-order valence-electron chi connectivity index (χ3n) is 8.84. The maximum Gasteiger partial charge on any atom is 0.326 e. The van der Waals surface area contributed by atoms with E-state index in [1.165, 1.54) is 128 Å². The second kappa shape index (κ2) is 31.2. The second-order valence-electron chi connectivity index (χ2n) is 13.2. The first-order chi connectivity index (χ1) is 23.0. The smallest absolute Gasteiger partial charge is 0.326 e. The third kappa shape index (κ3) is 24.6. The molecule has 1 atom stereocenters. The van der Waals surface area contributed by atoms with Gasteiger partial charge in [0.15, 0.2) is 0 Å². The monoisotopic (exact) mass is 662 g/mol. The summed E-state index contributed by atoms with van der Waals surface area (Å²) in [7, 11) is 0. The number of carboxylic acid groups (broad SMARTS) is 1. The van der Waals surface area contributed by atoms with Gasteiger partial charge in [-0.25, -0.2) is 4.79 Å². The Balaban J connectivity index is 2.43. The molecule has 1 rings (SSSR count). The van der Waals surface area contributed by atoms with Crippen molar-refractivity contribution in [2.75, 3.05) is 13.2 Å². The van der Waals surface area contributed by atoms with E-state index >= 15 is 0 Å². The molecule has 1 unspecified atom stereocenters. The molecular formula is C40H71NO6. The molecule has 0 radical (unpaired) electrons. The maximum absolute atomic E-state index is 12.7. The molecule has 2 N–H and O–H groups in total. The van der Waals surface area contributed by atoms with E-state index in [1.54, 1.807) is 31.2 Å². The lowest BCUT2D eigenvalue weighted by Crippen LogP contribution is -2.40. The van der Waals surface area contributed by atoms with Gasteiger partial charge in [0.2, 0.25) is 0 Å². The van der Waals surface area contributed by atoms with Crippen molar-refractivity contribution in [2.45, 2.75) is 194 Å². The Hall–Kier alpha value is -2.12. The summed E-state index contributed by atoms with van der Waals surface area (Å²) >= 11 is 0. The number of nitrogens with one attached hydrogen (secondary N) is 1. The molecule has 1 aromatic carbocycles. The molecule has 0 fully saturated rings. The number of rotatable bonds is 34. The summed E-state index contributed by atoms with van der Waals surface area (Å²) in [4.78, 5) is 24.0. The zero-order valence-electron chi connectivity index (χ0n) is 30.5. The quantitative estimate of drug-likeness (QED) is 0.0564. The highest BCUT2D eigenvalue weighted by Gasteiger charge is 2.19. The van der Waals surface area contributed by atoms with Crippen LogP contribution in [0.3, 0.4) is 0 Å². The molecule has 7 nitrogen and oxygen atoms in total. The largest absolute Gasteiger partial charge is 0.480 e. The van der Waals surface area contributed by atoms with E-state index in [1.807, 2.05) is 0 Å². The van der Waals surface area contributed by atoms with Crippen molar-refractivity contribution in [3.8, 4) is 5.75 Å². The van der Waals surface area contributed by atoms with Gasteiger partial charge in [0.25, 0.3) is 5.91 Å². The Morgan fingerprint density at radius 2 is 1.02 bits per heavy atom. The molecule has 0 heterocycles. The molecule has 0 aliphatic carbocycles. The van der Waals surface area contributed by atoms with Crippen molar-refractivity contribution in [3.63, 3.8) is 0 Å². The van der Waals surface area contributed by atoms with E-state index in [-0.39, 0.29) is 0 Å². The van der Waals surface area contributed by atoms with Crippen LogP contribution >= 0.6 is 0 Å². The first-order valence-electron chi connectivity index (χ1n) is 19.5. The molecule has 1 amide bonds. The van der Waals surface area contributed by atoms with Gasteiger partial charge in [-0.3, -0.25) is 4.79 Å². The van der Waals surface area contributed by atoms with Gasteiger partial charge in [-0.05, 0) is 37.5 Å². The van der Waals surface area contributed by atoms with Crippen molar-refractivity contribution >= 4 is 11.9 Å². The minimum absolute atomic E-state index is 0.305. The summed E-state index contributed by atoms with van der Waals surface area (Å²) in [6.07, 6.45) is 31.2. The van der Waals surface area contributed by atoms with Gasteiger partial charge in [0.1, 0.15) is 11.8 Å². The summed E-state index contributed by atoms with van der Waals surface area (Å²) < 4.78 is 18.1. The van der Waals surface area contributed by atoms with Gasteiger partial charge in [-0.1, -0.05) is 168 Å². The van der Waals surface area contributed by atoms with Gasteiger partial charge in [0.05, 0.1) is 13.2 Å². The molecule has 0 aliphatic rings. The normalized spacial score (nSPS) is 12.0. The first-order valence-corrected chi connectivity index (χ1v) is 19.5. The van der Waals surface area contributed by atoms with Crippen LogP contribution in [0.15, 0.2) is 24.3 Å². The highest BCUT2D eigenvalue weighted by atomic mass is 16.8. The van der Waals surface area contributed by atoms with E-state index in [0.29, 0.717) is 30.9 Å². The Kier molecular flexibility index (Phi) is 28.4. The summed E-state index contributed by atoms with van der Waals surface area (Å²) in [5.74, 6) is -1.04. The number of carbonyl (C=O) groups excluding carboxylic acids is 1. The molecule has 1 aromatic rings. The highest BCUT2D eigenvalue weighted by Crippen LogP contribution is 2.18. The van der Waals surface area contributed by atoms with Gasteiger partial charge >= 0.3 is 12.4 Å². The number of unbranched alkanes of at least 4 members (excludes halogenated alkanes) is 22.